The van der Waals surface area contributed by atoms with Gasteiger partial charge in [-0.1, -0.05) is 20.8 Å². The zero-order chi connectivity index (χ0) is 16.6. The molecule has 0 saturated heterocycles. The number of rotatable bonds is 4. The van der Waals surface area contributed by atoms with E-state index in [-0.39, 0.29) is 17.6 Å². The van der Waals surface area contributed by atoms with E-state index in [0.29, 0.717) is 5.56 Å². The fourth-order valence-corrected chi connectivity index (χ4v) is 2.89. The molecular weight excluding hydrogens is 264 g/mol. The number of aryl methyl sites for hydroxylation is 2. The number of hydrogen-bond acceptors (Lipinski definition) is 2. The minimum absolute atomic E-state index is 0.01000. The maximum Gasteiger partial charge on any atom is 0.309 e. The molecule has 1 N–H and O–H groups in total. The average Bonchev–Trinajstić information content (AvgIpc) is 2.24. The smallest absolute Gasteiger partial charge is 0.309 e. The predicted molar refractivity (Wildman–Crippen MR) is 85.0 cm³/mol. The minimum Gasteiger partial charge on any atom is -0.481 e. The van der Waals surface area contributed by atoms with Crippen LogP contribution in [0.5, 0.6) is 0 Å². The van der Waals surface area contributed by atoms with Crippen molar-refractivity contribution in [3.05, 3.63) is 34.4 Å². The first-order valence-electron chi connectivity index (χ1n) is 7.24. The third-order valence-corrected chi connectivity index (χ3v) is 3.79. The van der Waals surface area contributed by atoms with Gasteiger partial charge in [0.05, 0.1) is 5.41 Å². The van der Waals surface area contributed by atoms with E-state index < -0.39 is 11.4 Å². The molecule has 0 saturated carbocycles. The molecule has 1 aromatic rings. The minimum atomic E-state index is -1.04. The lowest BCUT2D eigenvalue weighted by Gasteiger charge is -2.25. The first kappa shape index (κ1) is 17.4. The van der Waals surface area contributed by atoms with Crippen LogP contribution < -0.4 is 0 Å². The van der Waals surface area contributed by atoms with Crippen molar-refractivity contribution in [2.24, 2.45) is 5.41 Å². The summed E-state index contributed by atoms with van der Waals surface area (Å²) in [6.07, 6.45) is 0.01000. The van der Waals surface area contributed by atoms with E-state index in [1.807, 2.05) is 26.0 Å². The van der Waals surface area contributed by atoms with Crippen LogP contribution in [0.3, 0.4) is 0 Å². The van der Waals surface area contributed by atoms with Gasteiger partial charge in [-0.3, -0.25) is 9.59 Å². The van der Waals surface area contributed by atoms with E-state index >= 15 is 0 Å². The van der Waals surface area contributed by atoms with Gasteiger partial charge in [-0.15, -0.1) is 0 Å². The Morgan fingerprint density at radius 1 is 1.00 bits per heavy atom. The first-order valence-corrected chi connectivity index (χ1v) is 7.24. The van der Waals surface area contributed by atoms with Crippen molar-refractivity contribution < 1.29 is 14.7 Å². The highest BCUT2D eigenvalue weighted by Crippen LogP contribution is 2.31. The molecular formula is C18H26O3. The van der Waals surface area contributed by atoms with Crippen molar-refractivity contribution in [3.8, 4) is 0 Å². The summed E-state index contributed by atoms with van der Waals surface area (Å²) >= 11 is 0. The van der Waals surface area contributed by atoms with Gasteiger partial charge < -0.3 is 5.11 Å². The molecule has 0 amide bonds. The number of carbonyl (C=O) groups excluding carboxylic acids is 1. The van der Waals surface area contributed by atoms with Crippen LogP contribution in [0, 0.1) is 19.3 Å². The number of hydrogen-bond donors (Lipinski definition) is 1. The van der Waals surface area contributed by atoms with Crippen LogP contribution in [0.4, 0.5) is 0 Å². The second-order valence-electron chi connectivity index (χ2n) is 7.52. The Balaban J connectivity index is 3.18. The quantitative estimate of drug-likeness (QED) is 0.842. The largest absolute Gasteiger partial charge is 0.481 e. The Morgan fingerprint density at radius 3 is 1.76 bits per heavy atom. The maximum atomic E-state index is 12.4. The first-order chi connectivity index (χ1) is 9.36. The Bertz CT molecular complexity index is 552. The third kappa shape index (κ3) is 3.93. The van der Waals surface area contributed by atoms with Gasteiger partial charge in [0.2, 0.25) is 0 Å². The molecule has 0 fully saturated rings. The molecule has 116 valence electrons. The van der Waals surface area contributed by atoms with Gasteiger partial charge in [0.25, 0.3) is 0 Å². The highest BCUT2D eigenvalue weighted by atomic mass is 16.4. The lowest BCUT2D eigenvalue weighted by Crippen LogP contribution is -2.27. The topological polar surface area (TPSA) is 54.4 Å². The summed E-state index contributed by atoms with van der Waals surface area (Å²) in [6, 6.07) is 3.77. The second kappa shape index (κ2) is 5.63. The molecule has 0 heterocycles. The molecule has 0 spiro atoms. The number of carboxylic acid groups (broad SMARTS) is 1. The molecule has 0 atom stereocenters. The van der Waals surface area contributed by atoms with Gasteiger partial charge in [-0.2, -0.15) is 0 Å². The average molecular weight is 290 g/mol. The van der Waals surface area contributed by atoms with Crippen molar-refractivity contribution in [1.29, 1.82) is 0 Å². The summed E-state index contributed by atoms with van der Waals surface area (Å²) in [5, 5.41) is 9.14. The monoisotopic (exact) mass is 290 g/mol. The Labute approximate surface area is 127 Å². The summed E-state index contributed by atoms with van der Waals surface area (Å²) in [7, 11) is 0. The fraction of sp³-hybridized carbons (Fsp3) is 0.556. The molecule has 0 unspecified atom stereocenters. The van der Waals surface area contributed by atoms with E-state index in [0.717, 1.165) is 11.1 Å². The van der Waals surface area contributed by atoms with Crippen molar-refractivity contribution in [2.75, 3.05) is 0 Å². The zero-order valence-electron chi connectivity index (χ0n) is 14.1. The van der Waals surface area contributed by atoms with E-state index in [9.17, 15) is 9.59 Å². The standard InChI is InChI=1S/C18H26O3/c1-11-8-13(9-12(2)15(11)17(3,4)5)14(19)10-18(6,7)16(20)21/h8-9H,10H2,1-7H3,(H,20,21). The lowest BCUT2D eigenvalue weighted by atomic mass is 9.79. The van der Waals surface area contributed by atoms with E-state index in [1.165, 1.54) is 5.56 Å². The van der Waals surface area contributed by atoms with Gasteiger partial charge in [-0.25, -0.2) is 0 Å². The van der Waals surface area contributed by atoms with Crippen LogP contribution in [-0.4, -0.2) is 16.9 Å². The molecule has 21 heavy (non-hydrogen) atoms. The van der Waals surface area contributed by atoms with Gasteiger partial charge in [0, 0.05) is 12.0 Å². The molecule has 1 aromatic carbocycles. The van der Waals surface area contributed by atoms with Gasteiger partial charge in [-0.05, 0) is 61.9 Å². The zero-order valence-corrected chi connectivity index (χ0v) is 14.1. The van der Waals surface area contributed by atoms with Crippen LogP contribution in [0.1, 0.15) is 68.1 Å². The third-order valence-electron chi connectivity index (χ3n) is 3.79. The maximum absolute atomic E-state index is 12.4. The van der Waals surface area contributed by atoms with Gasteiger partial charge >= 0.3 is 5.97 Å². The Kier molecular flexibility index (Phi) is 4.66. The summed E-state index contributed by atoms with van der Waals surface area (Å²) in [5.74, 6) is -1.07. The molecule has 0 aliphatic carbocycles. The number of Topliss-reactive ketones (excluding diaryl/α,β-unsaturated/α-hetero) is 1. The van der Waals surface area contributed by atoms with Crippen LogP contribution in [0.25, 0.3) is 0 Å². The molecule has 0 aliphatic heterocycles. The number of aliphatic carboxylic acids is 1. The number of carboxylic acids is 1. The molecule has 0 aliphatic rings. The normalized spacial score (nSPS) is 12.3. The Hall–Kier alpha value is -1.64. The van der Waals surface area contributed by atoms with Crippen LogP contribution >= 0.6 is 0 Å². The SMILES string of the molecule is Cc1cc(C(=O)CC(C)(C)C(=O)O)cc(C)c1C(C)(C)C. The summed E-state index contributed by atoms with van der Waals surface area (Å²) < 4.78 is 0. The molecule has 0 aromatic heterocycles. The summed E-state index contributed by atoms with van der Waals surface area (Å²) in [5.41, 5.74) is 3.00. The van der Waals surface area contributed by atoms with Crippen LogP contribution in [0.2, 0.25) is 0 Å². The molecule has 3 heteroatoms. The molecule has 1 rings (SSSR count). The summed E-state index contributed by atoms with van der Waals surface area (Å²) in [6.45, 7) is 13.6. The molecule has 0 radical (unpaired) electrons. The highest BCUT2D eigenvalue weighted by molar-refractivity contribution is 5.99. The second-order valence-corrected chi connectivity index (χ2v) is 7.52. The van der Waals surface area contributed by atoms with Gasteiger partial charge in [0.1, 0.15) is 0 Å². The lowest BCUT2D eigenvalue weighted by molar-refractivity contribution is -0.146. The molecule has 3 nitrogen and oxygen atoms in total. The predicted octanol–water partition coefficient (Wildman–Crippen LogP) is 4.28. The van der Waals surface area contributed by atoms with Crippen molar-refractivity contribution in [1.82, 2.24) is 0 Å². The van der Waals surface area contributed by atoms with Crippen molar-refractivity contribution in [2.45, 2.75) is 60.3 Å². The number of benzene rings is 1. The van der Waals surface area contributed by atoms with E-state index in [2.05, 4.69) is 20.8 Å². The fourth-order valence-electron chi connectivity index (χ4n) is 2.89. The van der Waals surface area contributed by atoms with Crippen molar-refractivity contribution >= 4 is 11.8 Å². The van der Waals surface area contributed by atoms with Crippen LogP contribution in [-0.2, 0) is 10.2 Å². The number of carbonyl (C=O) groups is 2. The highest BCUT2D eigenvalue weighted by Gasteiger charge is 2.31. The van der Waals surface area contributed by atoms with Gasteiger partial charge in [0.15, 0.2) is 5.78 Å². The van der Waals surface area contributed by atoms with E-state index in [1.54, 1.807) is 13.8 Å². The van der Waals surface area contributed by atoms with E-state index in [4.69, 9.17) is 5.11 Å². The Morgan fingerprint density at radius 2 is 1.43 bits per heavy atom. The number of ketones is 1. The van der Waals surface area contributed by atoms with Crippen molar-refractivity contribution in [3.63, 3.8) is 0 Å². The van der Waals surface area contributed by atoms with Crippen LogP contribution in [0.15, 0.2) is 12.1 Å². The summed E-state index contributed by atoms with van der Waals surface area (Å²) in [4.78, 5) is 23.5. The molecule has 0 bridgehead atoms.